The zero-order chi connectivity index (χ0) is 14.3. The predicted octanol–water partition coefficient (Wildman–Crippen LogP) is 3.56. The minimum atomic E-state index is -0.273. The van der Waals surface area contributed by atoms with E-state index in [4.69, 9.17) is 4.42 Å². The van der Waals surface area contributed by atoms with Crippen LogP contribution in [0.3, 0.4) is 0 Å². The quantitative estimate of drug-likeness (QED) is 0.780. The van der Waals surface area contributed by atoms with Crippen LogP contribution in [0.4, 0.5) is 5.69 Å². The Balaban J connectivity index is 1.91. The molecule has 3 heterocycles. The second-order valence-corrected chi connectivity index (χ2v) is 5.25. The molecule has 0 radical (unpaired) electrons. The topological polar surface area (TPSA) is 59.5 Å². The third kappa shape index (κ3) is 2.22. The average molecular weight is 334 g/mol. The van der Waals surface area contributed by atoms with Crippen LogP contribution in [0.25, 0.3) is 5.65 Å². The van der Waals surface area contributed by atoms with Crippen molar-refractivity contribution in [1.29, 1.82) is 0 Å². The second-order valence-electron chi connectivity index (χ2n) is 4.50. The molecule has 0 aliphatic carbocycles. The number of fused-ring (bicyclic) bond motifs is 1. The number of hydrogen-bond acceptors (Lipinski definition) is 3. The monoisotopic (exact) mass is 333 g/mol. The zero-order valence-electron chi connectivity index (χ0n) is 11.0. The zero-order valence-corrected chi connectivity index (χ0v) is 12.6. The highest BCUT2D eigenvalue weighted by atomic mass is 79.9. The molecule has 1 amide bonds. The number of furan rings is 1. The Hall–Kier alpha value is -2.08. The van der Waals surface area contributed by atoms with Gasteiger partial charge in [0.2, 0.25) is 0 Å². The van der Waals surface area contributed by atoms with E-state index in [2.05, 4.69) is 26.2 Å². The van der Waals surface area contributed by atoms with E-state index >= 15 is 0 Å². The van der Waals surface area contributed by atoms with Crippen molar-refractivity contribution in [2.45, 2.75) is 13.8 Å². The number of aryl methyl sites for hydroxylation is 2. The van der Waals surface area contributed by atoms with Gasteiger partial charge in [-0.05, 0) is 54.0 Å². The molecule has 0 aliphatic heterocycles. The Labute approximate surface area is 123 Å². The van der Waals surface area contributed by atoms with Crippen LogP contribution >= 0.6 is 15.9 Å². The molecule has 1 N–H and O–H groups in total. The highest BCUT2D eigenvalue weighted by Crippen LogP contribution is 2.21. The van der Waals surface area contributed by atoms with Crippen molar-refractivity contribution in [3.63, 3.8) is 0 Å². The van der Waals surface area contributed by atoms with Gasteiger partial charge >= 0.3 is 0 Å². The fraction of sp³-hybridized carbons (Fsp3) is 0.143. The minimum absolute atomic E-state index is 0.273. The van der Waals surface area contributed by atoms with Crippen molar-refractivity contribution >= 4 is 33.2 Å². The van der Waals surface area contributed by atoms with Crippen molar-refractivity contribution in [3.05, 3.63) is 52.3 Å². The van der Waals surface area contributed by atoms with E-state index < -0.39 is 0 Å². The highest BCUT2D eigenvalue weighted by Gasteiger charge is 2.11. The van der Waals surface area contributed by atoms with E-state index in [1.165, 1.54) is 0 Å². The second kappa shape index (κ2) is 4.79. The van der Waals surface area contributed by atoms with Gasteiger partial charge in [0.15, 0.2) is 5.76 Å². The van der Waals surface area contributed by atoms with E-state index in [1.807, 2.05) is 29.7 Å². The Morgan fingerprint density at radius 1 is 1.30 bits per heavy atom. The van der Waals surface area contributed by atoms with Gasteiger partial charge in [0, 0.05) is 6.20 Å². The first-order valence-electron chi connectivity index (χ1n) is 6.06. The molecule has 20 heavy (non-hydrogen) atoms. The lowest BCUT2D eigenvalue weighted by atomic mass is 10.3. The van der Waals surface area contributed by atoms with Crippen molar-refractivity contribution < 1.29 is 9.21 Å². The molecule has 102 valence electrons. The van der Waals surface area contributed by atoms with Crippen LogP contribution < -0.4 is 5.32 Å². The molecule has 6 heteroatoms. The average Bonchev–Trinajstić information content (AvgIpc) is 2.96. The third-order valence-corrected chi connectivity index (χ3v) is 3.90. The molecular weight excluding hydrogens is 322 g/mol. The molecule has 0 fully saturated rings. The van der Waals surface area contributed by atoms with Gasteiger partial charge in [0.05, 0.1) is 11.4 Å². The van der Waals surface area contributed by atoms with Crippen molar-refractivity contribution in [3.8, 4) is 0 Å². The maximum atomic E-state index is 12.0. The first-order chi connectivity index (χ1) is 9.54. The predicted molar refractivity (Wildman–Crippen MR) is 79.0 cm³/mol. The first-order valence-corrected chi connectivity index (χ1v) is 6.86. The summed E-state index contributed by atoms with van der Waals surface area (Å²) in [4.78, 5) is 16.4. The van der Waals surface area contributed by atoms with Gasteiger partial charge in [-0.15, -0.1) is 0 Å². The SMILES string of the molecule is Cc1ccc(C(=O)Nc2ccc3nc(C)c(Br)n3c2)o1. The number of carbonyl (C=O) groups excluding carboxylic acids is 1. The van der Waals surface area contributed by atoms with Crippen LogP contribution in [-0.2, 0) is 0 Å². The minimum Gasteiger partial charge on any atom is -0.456 e. The number of hydrogen-bond donors (Lipinski definition) is 1. The summed E-state index contributed by atoms with van der Waals surface area (Å²) in [6.07, 6.45) is 1.81. The number of carbonyl (C=O) groups is 1. The van der Waals surface area contributed by atoms with Gasteiger partial charge in [-0.1, -0.05) is 0 Å². The summed E-state index contributed by atoms with van der Waals surface area (Å²) in [6.45, 7) is 3.72. The van der Waals surface area contributed by atoms with Crippen molar-refractivity contribution in [2.75, 3.05) is 5.32 Å². The molecule has 0 saturated heterocycles. The Bertz CT molecular complexity index is 804. The lowest BCUT2D eigenvalue weighted by Gasteiger charge is -2.04. The van der Waals surface area contributed by atoms with E-state index in [0.29, 0.717) is 17.2 Å². The molecule has 0 saturated carbocycles. The van der Waals surface area contributed by atoms with Gasteiger partial charge in [-0.2, -0.15) is 0 Å². The number of nitrogens with one attached hydrogen (secondary N) is 1. The molecule has 0 unspecified atom stereocenters. The van der Waals surface area contributed by atoms with Gasteiger partial charge < -0.3 is 9.73 Å². The summed E-state index contributed by atoms with van der Waals surface area (Å²) in [5.41, 5.74) is 2.39. The third-order valence-electron chi connectivity index (χ3n) is 2.94. The van der Waals surface area contributed by atoms with Crippen molar-refractivity contribution in [2.24, 2.45) is 0 Å². The summed E-state index contributed by atoms with van der Waals surface area (Å²) in [7, 11) is 0. The molecule has 5 nitrogen and oxygen atoms in total. The normalized spacial score (nSPS) is 10.9. The summed E-state index contributed by atoms with van der Waals surface area (Å²) in [5, 5.41) is 2.80. The van der Waals surface area contributed by atoms with Crippen LogP contribution in [-0.4, -0.2) is 15.3 Å². The number of amides is 1. The fourth-order valence-electron chi connectivity index (χ4n) is 1.96. The number of imidazole rings is 1. The summed E-state index contributed by atoms with van der Waals surface area (Å²) >= 11 is 3.47. The fourth-order valence-corrected chi connectivity index (χ4v) is 2.33. The summed E-state index contributed by atoms with van der Waals surface area (Å²) < 4.78 is 8.04. The Morgan fingerprint density at radius 2 is 2.10 bits per heavy atom. The Morgan fingerprint density at radius 3 is 2.80 bits per heavy atom. The van der Waals surface area contributed by atoms with Crippen LogP contribution in [0, 0.1) is 13.8 Å². The largest absolute Gasteiger partial charge is 0.456 e. The summed E-state index contributed by atoms with van der Waals surface area (Å²) in [5.74, 6) is 0.729. The molecule has 0 spiro atoms. The number of nitrogens with zero attached hydrogens (tertiary/aromatic N) is 2. The smallest absolute Gasteiger partial charge is 0.291 e. The molecule has 0 bridgehead atoms. The highest BCUT2D eigenvalue weighted by molar-refractivity contribution is 9.10. The number of anilines is 1. The first kappa shape index (κ1) is 12.9. The maximum absolute atomic E-state index is 12.0. The number of aromatic nitrogens is 2. The number of pyridine rings is 1. The number of rotatable bonds is 2. The molecule has 0 atom stereocenters. The van der Waals surface area contributed by atoms with Crippen LogP contribution in [0.5, 0.6) is 0 Å². The van der Waals surface area contributed by atoms with Gasteiger partial charge in [0.25, 0.3) is 5.91 Å². The Kier molecular flexibility index (Phi) is 3.10. The standard InChI is InChI=1S/C14H12BrN3O2/c1-8-3-5-11(20-8)14(19)17-10-4-6-12-16-9(2)13(15)18(12)7-10/h3-7H,1-2H3,(H,17,19). The lowest BCUT2D eigenvalue weighted by molar-refractivity contribution is 0.0995. The van der Waals surface area contributed by atoms with E-state index in [-0.39, 0.29) is 5.91 Å². The molecule has 0 aliphatic rings. The van der Waals surface area contributed by atoms with E-state index in [1.54, 1.807) is 19.1 Å². The molecule has 0 aromatic carbocycles. The summed E-state index contributed by atoms with van der Waals surface area (Å²) in [6, 6.07) is 7.07. The van der Waals surface area contributed by atoms with Crippen LogP contribution in [0.15, 0.2) is 39.5 Å². The maximum Gasteiger partial charge on any atom is 0.291 e. The number of halogens is 1. The molecule has 3 aromatic rings. The van der Waals surface area contributed by atoms with Gasteiger partial charge in [-0.25, -0.2) is 4.98 Å². The van der Waals surface area contributed by atoms with Gasteiger partial charge in [0.1, 0.15) is 16.0 Å². The molecule has 3 rings (SSSR count). The van der Waals surface area contributed by atoms with E-state index in [9.17, 15) is 4.79 Å². The van der Waals surface area contributed by atoms with Gasteiger partial charge in [-0.3, -0.25) is 9.20 Å². The van der Waals surface area contributed by atoms with Crippen LogP contribution in [0.1, 0.15) is 22.0 Å². The van der Waals surface area contributed by atoms with Crippen molar-refractivity contribution in [1.82, 2.24) is 9.38 Å². The van der Waals surface area contributed by atoms with E-state index in [0.717, 1.165) is 15.9 Å². The molecule has 3 aromatic heterocycles. The lowest BCUT2D eigenvalue weighted by Crippen LogP contribution is -2.11. The van der Waals surface area contributed by atoms with Crippen LogP contribution in [0.2, 0.25) is 0 Å². The molecular formula is C14H12BrN3O2.